The fourth-order valence-corrected chi connectivity index (χ4v) is 4.88. The molecule has 0 saturated heterocycles. The SMILES string of the molecule is CCOC(=O)c1[nH]c(C2=N/C(=C3\N=C(c4[nH]c(C(=O)OCC)c(C)c4C)C(C)=C3C)C(C)=C2C)c(C)c1C. The highest BCUT2D eigenvalue weighted by atomic mass is 16.5. The molecule has 2 N–H and O–H groups in total. The number of carbonyl (C=O) groups is 2. The number of nitrogens with one attached hydrogen (secondary N) is 2. The summed E-state index contributed by atoms with van der Waals surface area (Å²) in [4.78, 5) is 41.6. The summed E-state index contributed by atoms with van der Waals surface area (Å²) < 4.78 is 10.5. The van der Waals surface area contributed by atoms with E-state index in [1.165, 1.54) is 0 Å². The lowest BCUT2D eigenvalue weighted by atomic mass is 10.00. The zero-order chi connectivity index (χ0) is 28.0. The number of aromatic amines is 2. The van der Waals surface area contributed by atoms with Gasteiger partial charge in [-0.2, -0.15) is 0 Å². The minimum absolute atomic E-state index is 0.313. The molecule has 2 aromatic heterocycles. The molecule has 200 valence electrons. The van der Waals surface area contributed by atoms with Gasteiger partial charge in [-0.25, -0.2) is 19.6 Å². The van der Waals surface area contributed by atoms with Crippen LogP contribution in [0.4, 0.5) is 0 Å². The molecule has 0 saturated carbocycles. The van der Waals surface area contributed by atoms with Crippen molar-refractivity contribution in [2.75, 3.05) is 13.2 Å². The number of carbonyl (C=O) groups excluding carboxylic acids is 2. The Hall–Kier alpha value is -3.94. The quantitative estimate of drug-likeness (QED) is 0.451. The summed E-state index contributed by atoms with van der Waals surface area (Å²) in [6, 6.07) is 0. The van der Waals surface area contributed by atoms with Crippen molar-refractivity contribution in [3.8, 4) is 0 Å². The van der Waals surface area contributed by atoms with E-state index < -0.39 is 0 Å². The van der Waals surface area contributed by atoms with Gasteiger partial charge in [0, 0.05) is 0 Å². The summed E-state index contributed by atoms with van der Waals surface area (Å²) in [6.45, 7) is 20.2. The van der Waals surface area contributed by atoms with E-state index in [9.17, 15) is 9.59 Å². The molecule has 0 spiro atoms. The number of aliphatic imine (C=N–C) groups is 2. The van der Waals surface area contributed by atoms with Crippen LogP contribution in [-0.4, -0.2) is 46.5 Å². The van der Waals surface area contributed by atoms with Gasteiger partial charge in [-0.15, -0.1) is 0 Å². The highest BCUT2D eigenvalue weighted by molar-refractivity contribution is 6.18. The molecule has 4 rings (SSSR count). The zero-order valence-electron chi connectivity index (χ0n) is 23.9. The summed E-state index contributed by atoms with van der Waals surface area (Å²) in [5.74, 6) is -0.735. The summed E-state index contributed by atoms with van der Waals surface area (Å²) in [7, 11) is 0. The predicted octanol–water partition coefficient (Wildman–Crippen LogP) is 6.12. The first-order valence-electron chi connectivity index (χ1n) is 13.0. The second-order valence-electron chi connectivity index (χ2n) is 9.81. The third-order valence-electron chi connectivity index (χ3n) is 7.78. The average molecular weight is 517 g/mol. The predicted molar refractivity (Wildman–Crippen MR) is 149 cm³/mol. The summed E-state index contributed by atoms with van der Waals surface area (Å²) in [5, 5.41) is 0. The Kier molecular flexibility index (Phi) is 7.19. The number of nitrogens with zero attached hydrogens (tertiary/aromatic N) is 2. The molecule has 0 fully saturated rings. The Morgan fingerprint density at radius 1 is 0.579 bits per heavy atom. The molecule has 8 nitrogen and oxygen atoms in total. The normalized spacial score (nSPS) is 17.4. The number of aromatic nitrogens is 2. The highest BCUT2D eigenvalue weighted by Gasteiger charge is 2.31. The molecule has 2 aliphatic rings. The fourth-order valence-electron chi connectivity index (χ4n) is 4.88. The molecule has 2 aliphatic heterocycles. The first-order chi connectivity index (χ1) is 17.9. The van der Waals surface area contributed by atoms with Gasteiger partial charge in [0.1, 0.15) is 11.4 Å². The van der Waals surface area contributed by atoms with Gasteiger partial charge in [-0.05, 0) is 114 Å². The van der Waals surface area contributed by atoms with E-state index in [0.29, 0.717) is 24.6 Å². The standard InChI is InChI=1S/C30H36N4O4/c1-11-37-29(35)27-19(9)17(7)25(33-27)23-15(5)13(3)21(31-23)22-14(4)16(6)24(32-22)26-18(8)20(10)28(34-26)30(36)38-12-2/h33-34H,11-12H2,1-10H3/b22-21-. The molecule has 0 aromatic carbocycles. The topological polar surface area (TPSA) is 109 Å². The number of ether oxygens (including phenoxy) is 2. The van der Waals surface area contributed by atoms with Crippen LogP contribution in [0.5, 0.6) is 0 Å². The molecule has 38 heavy (non-hydrogen) atoms. The molecular formula is C30H36N4O4. The molecule has 0 amide bonds. The van der Waals surface area contributed by atoms with Crippen molar-refractivity contribution in [3.63, 3.8) is 0 Å². The highest BCUT2D eigenvalue weighted by Crippen LogP contribution is 2.39. The minimum atomic E-state index is -0.367. The van der Waals surface area contributed by atoms with Crippen LogP contribution < -0.4 is 0 Å². The van der Waals surface area contributed by atoms with Crippen LogP contribution in [0.3, 0.4) is 0 Å². The smallest absolute Gasteiger partial charge is 0.355 e. The number of rotatable bonds is 6. The Morgan fingerprint density at radius 2 is 0.921 bits per heavy atom. The molecule has 4 heterocycles. The van der Waals surface area contributed by atoms with Crippen molar-refractivity contribution in [2.24, 2.45) is 9.98 Å². The van der Waals surface area contributed by atoms with Gasteiger partial charge in [0.2, 0.25) is 0 Å². The molecule has 0 bridgehead atoms. The van der Waals surface area contributed by atoms with Crippen molar-refractivity contribution < 1.29 is 19.1 Å². The van der Waals surface area contributed by atoms with Gasteiger partial charge >= 0.3 is 11.9 Å². The van der Waals surface area contributed by atoms with Crippen LogP contribution in [0.15, 0.2) is 43.7 Å². The molecule has 0 unspecified atom stereocenters. The third kappa shape index (κ3) is 4.18. The maximum atomic E-state index is 12.5. The Labute approximate surface area is 223 Å². The summed E-state index contributed by atoms with van der Waals surface area (Å²) >= 11 is 0. The monoisotopic (exact) mass is 516 g/mol. The second kappa shape index (κ2) is 10.1. The molecule has 0 atom stereocenters. The zero-order valence-corrected chi connectivity index (χ0v) is 23.9. The van der Waals surface area contributed by atoms with Gasteiger partial charge in [0.25, 0.3) is 0 Å². The van der Waals surface area contributed by atoms with Gasteiger partial charge in [-0.3, -0.25) is 0 Å². The Morgan fingerprint density at radius 3 is 1.24 bits per heavy atom. The molecule has 2 aromatic rings. The lowest BCUT2D eigenvalue weighted by Crippen LogP contribution is -2.07. The number of esters is 2. The van der Waals surface area contributed by atoms with Crippen molar-refractivity contribution >= 4 is 23.4 Å². The Bertz CT molecular complexity index is 1420. The van der Waals surface area contributed by atoms with Crippen molar-refractivity contribution in [3.05, 3.63) is 78.7 Å². The van der Waals surface area contributed by atoms with E-state index in [2.05, 4.69) is 9.97 Å². The van der Waals surface area contributed by atoms with Crippen LogP contribution in [0, 0.1) is 27.7 Å². The molecule has 8 heteroatoms. The first kappa shape index (κ1) is 27.1. The van der Waals surface area contributed by atoms with E-state index in [4.69, 9.17) is 19.5 Å². The fraction of sp³-hybridized carbons (Fsp3) is 0.400. The van der Waals surface area contributed by atoms with Gasteiger partial charge < -0.3 is 19.4 Å². The van der Waals surface area contributed by atoms with Crippen LogP contribution in [0.1, 0.15) is 96.2 Å². The average Bonchev–Trinajstić information content (AvgIpc) is 3.54. The van der Waals surface area contributed by atoms with Crippen molar-refractivity contribution in [1.82, 2.24) is 9.97 Å². The summed E-state index contributed by atoms with van der Waals surface area (Å²) in [5.41, 5.74) is 13.5. The largest absolute Gasteiger partial charge is 0.461 e. The number of hydrogen-bond donors (Lipinski definition) is 2. The Balaban J connectivity index is 1.83. The minimum Gasteiger partial charge on any atom is -0.461 e. The number of hydrogen-bond acceptors (Lipinski definition) is 6. The molecular weight excluding hydrogens is 480 g/mol. The van der Waals surface area contributed by atoms with E-state index in [1.807, 2.05) is 55.4 Å². The van der Waals surface area contributed by atoms with E-state index in [1.54, 1.807) is 13.8 Å². The summed E-state index contributed by atoms with van der Waals surface area (Å²) in [6.07, 6.45) is 0. The van der Waals surface area contributed by atoms with Crippen LogP contribution >= 0.6 is 0 Å². The van der Waals surface area contributed by atoms with Crippen LogP contribution in [-0.2, 0) is 9.47 Å². The second-order valence-corrected chi connectivity index (χ2v) is 9.81. The van der Waals surface area contributed by atoms with E-state index >= 15 is 0 Å². The van der Waals surface area contributed by atoms with Gasteiger partial charge in [-0.1, -0.05) is 0 Å². The van der Waals surface area contributed by atoms with Gasteiger partial charge in [0.05, 0.1) is 47.4 Å². The third-order valence-corrected chi connectivity index (χ3v) is 7.78. The maximum absolute atomic E-state index is 12.5. The molecule has 0 aliphatic carbocycles. The van der Waals surface area contributed by atoms with E-state index in [-0.39, 0.29) is 11.9 Å². The van der Waals surface area contributed by atoms with Gasteiger partial charge in [0.15, 0.2) is 0 Å². The lowest BCUT2D eigenvalue weighted by Gasteiger charge is -2.03. The number of H-pyrrole nitrogens is 2. The maximum Gasteiger partial charge on any atom is 0.355 e. The number of allylic oxidation sites excluding steroid dienone is 4. The van der Waals surface area contributed by atoms with Crippen molar-refractivity contribution in [1.29, 1.82) is 0 Å². The van der Waals surface area contributed by atoms with Crippen LogP contribution in [0.2, 0.25) is 0 Å². The van der Waals surface area contributed by atoms with Crippen LogP contribution in [0.25, 0.3) is 0 Å². The van der Waals surface area contributed by atoms with Crippen molar-refractivity contribution in [2.45, 2.75) is 69.2 Å². The first-order valence-corrected chi connectivity index (χ1v) is 13.0. The van der Waals surface area contributed by atoms with E-state index in [0.717, 1.165) is 78.8 Å². The lowest BCUT2D eigenvalue weighted by molar-refractivity contribution is 0.0510. The molecule has 0 radical (unpaired) electrons.